The molecule has 3 fully saturated rings. The smallest absolute Gasteiger partial charge is 0.303 e. The van der Waals surface area contributed by atoms with E-state index >= 15 is 0 Å². The van der Waals surface area contributed by atoms with Crippen LogP contribution in [0, 0.1) is 28.6 Å². The van der Waals surface area contributed by atoms with Gasteiger partial charge in [-0.15, -0.1) is 0 Å². The number of ketones is 3. The molecular weight excluding hydrogens is 372 g/mol. The number of aliphatic hydroxyl groups is 1. The highest BCUT2D eigenvalue weighted by molar-refractivity contribution is 5.95. The minimum atomic E-state index is -1.65. The summed E-state index contributed by atoms with van der Waals surface area (Å²) in [6.45, 7) is 4.76. The molecule has 0 heterocycles. The SMILES string of the molecule is CC(=O)OCC(=O)[C@]1(O)CCC2C3CCC4=CC(=O)CCC4(C)C3C(=O)CC21C. The summed E-state index contributed by atoms with van der Waals surface area (Å²) in [5.74, 6) is -0.811. The first-order valence-corrected chi connectivity index (χ1v) is 10.7. The third-order valence-corrected chi connectivity index (χ3v) is 8.67. The summed E-state index contributed by atoms with van der Waals surface area (Å²) in [4.78, 5) is 49.4. The number of hydrogen-bond donors (Lipinski definition) is 1. The molecule has 158 valence electrons. The first-order chi connectivity index (χ1) is 13.5. The maximum atomic E-state index is 13.5. The van der Waals surface area contributed by atoms with E-state index in [1.807, 2.05) is 6.92 Å². The van der Waals surface area contributed by atoms with Crippen LogP contribution in [0.2, 0.25) is 0 Å². The van der Waals surface area contributed by atoms with Crippen molar-refractivity contribution in [3.63, 3.8) is 0 Å². The fraction of sp³-hybridized carbons (Fsp3) is 0.739. The van der Waals surface area contributed by atoms with E-state index in [2.05, 4.69) is 6.92 Å². The van der Waals surface area contributed by atoms with Gasteiger partial charge in [0.1, 0.15) is 11.4 Å². The van der Waals surface area contributed by atoms with Crippen molar-refractivity contribution in [1.29, 1.82) is 0 Å². The van der Waals surface area contributed by atoms with Gasteiger partial charge in [-0.1, -0.05) is 19.4 Å². The van der Waals surface area contributed by atoms with E-state index in [0.717, 1.165) is 18.4 Å². The summed E-state index contributed by atoms with van der Waals surface area (Å²) in [7, 11) is 0. The maximum Gasteiger partial charge on any atom is 0.303 e. The van der Waals surface area contributed by atoms with Crippen molar-refractivity contribution in [2.45, 2.75) is 71.3 Å². The Kier molecular flexibility index (Phi) is 4.65. The zero-order valence-corrected chi connectivity index (χ0v) is 17.5. The summed E-state index contributed by atoms with van der Waals surface area (Å²) < 4.78 is 4.86. The Morgan fingerprint density at radius 1 is 1.17 bits per heavy atom. The van der Waals surface area contributed by atoms with E-state index in [-0.39, 0.29) is 41.2 Å². The van der Waals surface area contributed by atoms with E-state index in [0.29, 0.717) is 25.7 Å². The molecule has 0 aromatic carbocycles. The standard InChI is InChI=1S/C23H30O6/c1-13(24)29-12-19(27)23(28)9-7-17-16-5-4-14-10-15(25)6-8-21(14,2)20(16)18(26)11-22(17,23)3/h10,16-17,20,28H,4-9,11-12H2,1-3H3/t16?,17?,20?,21?,22?,23-/m1/s1. The number of carbonyl (C=O) groups excluding carboxylic acids is 4. The molecule has 4 aliphatic rings. The van der Waals surface area contributed by atoms with Crippen LogP contribution in [0.3, 0.4) is 0 Å². The number of rotatable bonds is 3. The van der Waals surface area contributed by atoms with Crippen LogP contribution in [0.25, 0.3) is 0 Å². The molecule has 6 heteroatoms. The van der Waals surface area contributed by atoms with Crippen molar-refractivity contribution in [3.8, 4) is 0 Å². The van der Waals surface area contributed by atoms with Crippen LogP contribution in [0.1, 0.15) is 65.7 Å². The lowest BCUT2D eigenvalue weighted by molar-refractivity contribution is -0.173. The van der Waals surface area contributed by atoms with Crippen molar-refractivity contribution in [2.75, 3.05) is 6.61 Å². The zero-order valence-electron chi connectivity index (χ0n) is 17.5. The molecule has 5 unspecified atom stereocenters. The lowest BCUT2D eigenvalue weighted by Crippen LogP contribution is -2.61. The van der Waals surface area contributed by atoms with Crippen LogP contribution >= 0.6 is 0 Å². The van der Waals surface area contributed by atoms with Gasteiger partial charge in [-0.05, 0) is 55.4 Å². The molecule has 0 radical (unpaired) electrons. The molecule has 0 bridgehead atoms. The Labute approximate surface area is 171 Å². The molecule has 0 saturated heterocycles. The highest BCUT2D eigenvalue weighted by Gasteiger charge is 2.68. The minimum Gasteiger partial charge on any atom is -0.458 e. The molecule has 0 aromatic heterocycles. The molecule has 0 aliphatic heterocycles. The summed E-state index contributed by atoms with van der Waals surface area (Å²) in [5.41, 5.74) is -1.68. The van der Waals surface area contributed by atoms with Crippen LogP contribution in [-0.4, -0.2) is 40.6 Å². The second kappa shape index (κ2) is 6.59. The molecule has 4 aliphatic carbocycles. The number of esters is 1. The second-order valence-corrected chi connectivity index (χ2v) is 10.0. The van der Waals surface area contributed by atoms with Crippen molar-refractivity contribution >= 4 is 23.3 Å². The normalized spacial score (nSPS) is 43.7. The largest absolute Gasteiger partial charge is 0.458 e. The van der Waals surface area contributed by atoms with Gasteiger partial charge < -0.3 is 9.84 Å². The highest BCUT2D eigenvalue weighted by atomic mass is 16.5. The number of hydrogen-bond acceptors (Lipinski definition) is 6. The molecule has 4 rings (SSSR count). The van der Waals surface area contributed by atoms with E-state index in [9.17, 15) is 24.3 Å². The third-order valence-electron chi connectivity index (χ3n) is 8.67. The van der Waals surface area contributed by atoms with E-state index in [4.69, 9.17) is 4.74 Å². The monoisotopic (exact) mass is 402 g/mol. The first kappa shape index (κ1) is 20.5. The summed E-state index contributed by atoms with van der Waals surface area (Å²) >= 11 is 0. The van der Waals surface area contributed by atoms with Gasteiger partial charge in [0.25, 0.3) is 0 Å². The van der Waals surface area contributed by atoms with Crippen LogP contribution in [0.15, 0.2) is 11.6 Å². The Morgan fingerprint density at radius 2 is 1.90 bits per heavy atom. The third kappa shape index (κ3) is 2.78. The lowest BCUT2D eigenvalue weighted by atomic mass is 9.46. The van der Waals surface area contributed by atoms with Crippen molar-refractivity contribution < 1.29 is 29.0 Å². The van der Waals surface area contributed by atoms with E-state index < -0.39 is 29.4 Å². The van der Waals surface area contributed by atoms with Gasteiger partial charge in [0.05, 0.1) is 0 Å². The molecule has 1 N–H and O–H groups in total. The minimum absolute atomic E-state index is 0.0625. The molecule has 6 atom stereocenters. The number of Topliss-reactive ketones (excluding diaryl/α,β-unsaturated/α-hetero) is 2. The summed E-state index contributed by atoms with van der Waals surface area (Å²) in [6, 6.07) is 0. The highest BCUT2D eigenvalue weighted by Crippen LogP contribution is 2.66. The van der Waals surface area contributed by atoms with Crippen molar-refractivity contribution in [1.82, 2.24) is 0 Å². The average molecular weight is 402 g/mol. The molecule has 6 nitrogen and oxygen atoms in total. The number of fused-ring (bicyclic) bond motifs is 5. The topological polar surface area (TPSA) is 97.7 Å². The van der Waals surface area contributed by atoms with Gasteiger partial charge in [-0.25, -0.2) is 0 Å². The van der Waals surface area contributed by atoms with Crippen molar-refractivity contribution in [3.05, 3.63) is 11.6 Å². The van der Waals surface area contributed by atoms with E-state index in [1.165, 1.54) is 6.92 Å². The van der Waals surface area contributed by atoms with Gasteiger partial charge in [0, 0.05) is 31.1 Å². The Balaban J connectivity index is 1.66. The van der Waals surface area contributed by atoms with E-state index in [1.54, 1.807) is 6.08 Å². The number of carbonyl (C=O) groups is 4. The molecule has 29 heavy (non-hydrogen) atoms. The Bertz CT molecular complexity index is 827. The van der Waals surface area contributed by atoms with Crippen molar-refractivity contribution in [2.24, 2.45) is 28.6 Å². The Hall–Kier alpha value is -1.82. The summed E-state index contributed by atoms with van der Waals surface area (Å²) in [6.07, 6.45) is 5.66. The second-order valence-electron chi connectivity index (χ2n) is 10.0. The van der Waals surface area contributed by atoms with Gasteiger partial charge in [0.2, 0.25) is 5.78 Å². The molecule has 0 aromatic rings. The fourth-order valence-corrected chi connectivity index (χ4v) is 7.13. The molecule has 0 spiro atoms. The lowest BCUT2D eigenvalue weighted by Gasteiger charge is -2.57. The quantitative estimate of drug-likeness (QED) is 0.729. The summed E-state index contributed by atoms with van der Waals surface area (Å²) in [5, 5.41) is 11.4. The van der Waals surface area contributed by atoms with Crippen LogP contribution < -0.4 is 0 Å². The van der Waals surface area contributed by atoms with Crippen LogP contribution in [-0.2, 0) is 23.9 Å². The van der Waals surface area contributed by atoms with Crippen LogP contribution in [0.4, 0.5) is 0 Å². The predicted molar refractivity (Wildman–Crippen MR) is 104 cm³/mol. The van der Waals surface area contributed by atoms with Gasteiger partial charge in [0.15, 0.2) is 12.4 Å². The predicted octanol–water partition coefficient (Wildman–Crippen LogP) is 2.56. The van der Waals surface area contributed by atoms with Gasteiger partial charge in [-0.2, -0.15) is 0 Å². The zero-order chi connectivity index (χ0) is 21.2. The maximum absolute atomic E-state index is 13.5. The first-order valence-electron chi connectivity index (χ1n) is 10.7. The number of allylic oxidation sites excluding steroid dienone is 1. The molecule has 0 amide bonds. The van der Waals surface area contributed by atoms with Gasteiger partial charge >= 0.3 is 5.97 Å². The Morgan fingerprint density at radius 3 is 2.59 bits per heavy atom. The molecule has 3 saturated carbocycles. The fourth-order valence-electron chi connectivity index (χ4n) is 7.13. The number of ether oxygens (including phenoxy) is 1. The molecular formula is C23H30O6. The van der Waals surface area contributed by atoms with Crippen LogP contribution in [0.5, 0.6) is 0 Å². The average Bonchev–Trinajstić information content (AvgIpc) is 2.91. The van der Waals surface area contributed by atoms with Gasteiger partial charge in [-0.3, -0.25) is 19.2 Å².